The molecule has 4 heteroatoms. The van der Waals surface area contributed by atoms with Crippen LogP contribution in [0.1, 0.15) is 26.3 Å². The van der Waals surface area contributed by atoms with Crippen molar-refractivity contribution in [3.63, 3.8) is 0 Å². The van der Waals surface area contributed by atoms with Crippen LogP contribution in [0.4, 0.5) is 5.82 Å². The third kappa shape index (κ3) is 2.70. The molecule has 2 rings (SSSR count). The molecule has 18 heavy (non-hydrogen) atoms. The Balaban J connectivity index is 2.50. The van der Waals surface area contributed by atoms with Gasteiger partial charge in [-0.05, 0) is 24.0 Å². The van der Waals surface area contributed by atoms with E-state index in [2.05, 4.69) is 31.1 Å². The van der Waals surface area contributed by atoms with Gasteiger partial charge in [-0.15, -0.1) is 0 Å². The fourth-order valence-corrected chi connectivity index (χ4v) is 1.76. The highest BCUT2D eigenvalue weighted by atomic mass is 16.1. The van der Waals surface area contributed by atoms with E-state index in [1.165, 1.54) is 6.07 Å². The number of nitrogens with one attached hydrogen (secondary N) is 1. The van der Waals surface area contributed by atoms with Gasteiger partial charge in [0.15, 0.2) is 0 Å². The van der Waals surface area contributed by atoms with Crippen LogP contribution in [0, 0.1) is 12.3 Å². The molecular weight excluding hydrogens is 226 g/mol. The summed E-state index contributed by atoms with van der Waals surface area (Å²) >= 11 is 0. The molecule has 0 radical (unpaired) electrons. The zero-order valence-corrected chi connectivity index (χ0v) is 11.3. The third-order valence-corrected chi connectivity index (χ3v) is 2.70. The molecule has 1 N–H and O–H groups in total. The Labute approximate surface area is 107 Å². The first-order valence-electron chi connectivity index (χ1n) is 6.10. The maximum absolute atomic E-state index is 11.6. The molecule has 0 unspecified atom stereocenters. The Morgan fingerprint density at radius 3 is 2.78 bits per heavy atom. The summed E-state index contributed by atoms with van der Waals surface area (Å²) in [6.45, 7) is 9.20. The van der Waals surface area contributed by atoms with Crippen LogP contribution >= 0.6 is 0 Å². The van der Waals surface area contributed by atoms with Gasteiger partial charge in [0.05, 0.1) is 0 Å². The van der Waals surface area contributed by atoms with Crippen LogP contribution < -0.4 is 10.9 Å². The summed E-state index contributed by atoms with van der Waals surface area (Å²) in [5.74, 6) is 0.795. The van der Waals surface area contributed by atoms with Crippen molar-refractivity contribution in [3.05, 3.63) is 40.3 Å². The average Bonchev–Trinajstić information content (AvgIpc) is 2.26. The number of rotatable bonds is 2. The lowest BCUT2D eigenvalue weighted by atomic mass is 9.97. The highest BCUT2D eigenvalue weighted by Gasteiger charge is 2.11. The molecule has 4 nitrogen and oxygen atoms in total. The monoisotopic (exact) mass is 245 g/mol. The van der Waals surface area contributed by atoms with Gasteiger partial charge in [0.1, 0.15) is 11.5 Å². The van der Waals surface area contributed by atoms with Gasteiger partial charge in [0.25, 0.3) is 5.56 Å². The Morgan fingerprint density at radius 2 is 2.11 bits per heavy atom. The third-order valence-electron chi connectivity index (χ3n) is 2.70. The topological polar surface area (TPSA) is 46.4 Å². The van der Waals surface area contributed by atoms with Crippen LogP contribution in [-0.2, 0) is 0 Å². The van der Waals surface area contributed by atoms with E-state index in [0.717, 1.165) is 17.9 Å². The predicted octanol–water partition coefficient (Wildman–Crippen LogP) is 2.46. The summed E-state index contributed by atoms with van der Waals surface area (Å²) in [5.41, 5.74) is 1.65. The van der Waals surface area contributed by atoms with Crippen LogP contribution in [0.15, 0.2) is 29.2 Å². The number of aryl methyl sites for hydroxylation is 1. The molecule has 2 aromatic rings. The van der Waals surface area contributed by atoms with Crippen LogP contribution in [-0.4, -0.2) is 15.9 Å². The van der Waals surface area contributed by atoms with Crippen LogP contribution in [0.25, 0.3) is 5.65 Å². The normalized spacial score (nSPS) is 11.8. The summed E-state index contributed by atoms with van der Waals surface area (Å²) in [6, 6.07) is 5.45. The minimum absolute atomic E-state index is 0.156. The standard InChI is InChI=1S/C14H19N3O/c1-10-6-5-7-17-11(15-9-14(2,3)4)8-12(18)16-13(10)17/h5-8,15H,9H2,1-4H3. The van der Waals surface area contributed by atoms with Crippen LogP contribution in [0.5, 0.6) is 0 Å². The van der Waals surface area contributed by atoms with Gasteiger partial charge in [-0.2, -0.15) is 4.98 Å². The summed E-state index contributed by atoms with van der Waals surface area (Å²) in [7, 11) is 0. The van der Waals surface area contributed by atoms with E-state index in [0.29, 0.717) is 5.65 Å². The molecule has 0 aliphatic heterocycles. The fraction of sp³-hybridized carbons (Fsp3) is 0.429. The first-order chi connectivity index (χ1) is 8.37. The van der Waals surface area contributed by atoms with Crippen molar-refractivity contribution in [2.24, 2.45) is 5.41 Å². The number of hydrogen-bond acceptors (Lipinski definition) is 3. The molecule has 0 spiro atoms. The maximum Gasteiger partial charge on any atom is 0.275 e. The molecular formula is C14H19N3O. The predicted molar refractivity (Wildman–Crippen MR) is 74.1 cm³/mol. The Morgan fingerprint density at radius 1 is 1.39 bits per heavy atom. The molecule has 0 amide bonds. The Kier molecular flexibility index (Phi) is 3.11. The molecule has 0 aromatic carbocycles. The Bertz CT molecular complexity index is 623. The maximum atomic E-state index is 11.6. The highest BCUT2D eigenvalue weighted by molar-refractivity contribution is 5.53. The van der Waals surface area contributed by atoms with Crippen molar-refractivity contribution in [1.82, 2.24) is 9.38 Å². The molecule has 0 atom stereocenters. The SMILES string of the molecule is Cc1cccn2c(NCC(C)(C)C)cc(=O)nc12. The molecule has 0 saturated carbocycles. The average molecular weight is 245 g/mol. The lowest BCUT2D eigenvalue weighted by molar-refractivity contribution is 0.442. The van der Waals surface area contributed by atoms with Gasteiger partial charge in [-0.1, -0.05) is 26.8 Å². The second-order valence-corrected chi connectivity index (χ2v) is 5.78. The van der Waals surface area contributed by atoms with Gasteiger partial charge >= 0.3 is 0 Å². The van der Waals surface area contributed by atoms with E-state index >= 15 is 0 Å². The molecule has 2 aromatic heterocycles. The smallest absolute Gasteiger partial charge is 0.275 e. The van der Waals surface area contributed by atoms with E-state index in [1.54, 1.807) is 0 Å². The first-order valence-corrected chi connectivity index (χ1v) is 6.10. The van der Waals surface area contributed by atoms with Gasteiger partial charge in [-0.3, -0.25) is 9.20 Å². The minimum atomic E-state index is -0.208. The number of pyridine rings is 1. The van der Waals surface area contributed by atoms with Crippen molar-refractivity contribution in [3.8, 4) is 0 Å². The molecule has 0 aliphatic carbocycles. The summed E-state index contributed by atoms with van der Waals surface area (Å²) in [6.07, 6.45) is 1.92. The van der Waals surface area contributed by atoms with Gasteiger partial charge in [0.2, 0.25) is 0 Å². The number of anilines is 1. The van der Waals surface area contributed by atoms with Crippen LogP contribution in [0.3, 0.4) is 0 Å². The van der Waals surface area contributed by atoms with Crippen molar-refractivity contribution < 1.29 is 0 Å². The highest BCUT2D eigenvalue weighted by Crippen LogP contribution is 2.16. The number of hydrogen-bond donors (Lipinski definition) is 1. The molecule has 0 bridgehead atoms. The first kappa shape index (κ1) is 12.6. The van der Waals surface area contributed by atoms with E-state index in [4.69, 9.17) is 0 Å². The lowest BCUT2D eigenvalue weighted by Crippen LogP contribution is -2.22. The van der Waals surface area contributed by atoms with Gasteiger partial charge in [0, 0.05) is 18.8 Å². The van der Waals surface area contributed by atoms with Crippen molar-refractivity contribution >= 4 is 11.5 Å². The van der Waals surface area contributed by atoms with E-state index < -0.39 is 0 Å². The Hall–Kier alpha value is -1.84. The molecule has 0 fully saturated rings. The zero-order chi connectivity index (χ0) is 13.3. The van der Waals surface area contributed by atoms with Gasteiger partial charge in [-0.25, -0.2) is 0 Å². The molecule has 0 aliphatic rings. The second kappa shape index (κ2) is 4.44. The number of aromatic nitrogens is 2. The van der Waals surface area contributed by atoms with Crippen molar-refractivity contribution in [2.75, 3.05) is 11.9 Å². The quantitative estimate of drug-likeness (QED) is 0.884. The fourth-order valence-electron chi connectivity index (χ4n) is 1.76. The number of nitrogens with zero attached hydrogens (tertiary/aromatic N) is 2. The van der Waals surface area contributed by atoms with Crippen LogP contribution in [0.2, 0.25) is 0 Å². The molecule has 2 heterocycles. The van der Waals surface area contributed by atoms with Gasteiger partial charge < -0.3 is 5.32 Å². The summed E-state index contributed by atoms with van der Waals surface area (Å²) < 4.78 is 1.92. The number of fused-ring (bicyclic) bond motifs is 1. The van der Waals surface area contributed by atoms with E-state index in [9.17, 15) is 4.79 Å². The summed E-state index contributed by atoms with van der Waals surface area (Å²) in [4.78, 5) is 15.7. The van der Waals surface area contributed by atoms with Crippen molar-refractivity contribution in [1.29, 1.82) is 0 Å². The van der Waals surface area contributed by atoms with E-state index in [-0.39, 0.29) is 11.0 Å². The molecule has 96 valence electrons. The second-order valence-electron chi connectivity index (χ2n) is 5.78. The van der Waals surface area contributed by atoms with E-state index in [1.807, 2.05) is 29.7 Å². The molecule has 0 saturated heterocycles. The largest absolute Gasteiger partial charge is 0.370 e. The van der Waals surface area contributed by atoms with Crippen molar-refractivity contribution in [2.45, 2.75) is 27.7 Å². The summed E-state index contributed by atoms with van der Waals surface area (Å²) in [5, 5.41) is 3.32. The minimum Gasteiger partial charge on any atom is -0.370 e. The lowest BCUT2D eigenvalue weighted by Gasteiger charge is -2.20. The zero-order valence-electron chi connectivity index (χ0n) is 11.3.